The first-order valence-electron chi connectivity index (χ1n) is 7.70. The molecule has 0 unspecified atom stereocenters. The van der Waals surface area contributed by atoms with Crippen LogP contribution in [0.25, 0.3) is 10.8 Å². The molecule has 3 aromatic carbocycles. The van der Waals surface area contributed by atoms with Gasteiger partial charge in [-0.1, -0.05) is 24.3 Å². The maximum Gasteiger partial charge on any atom is 0.140 e. The Kier molecular flexibility index (Phi) is 3.95. The molecular formula is C19H21N4O+. The Morgan fingerprint density at radius 1 is 0.833 bits per heavy atom. The molecule has 0 spiro atoms. The molecule has 0 aliphatic rings. The van der Waals surface area contributed by atoms with Gasteiger partial charge in [-0.2, -0.15) is 0 Å². The standard InChI is InChI=1S/C19H20N4O/c1-23(2,3)19-10-6-7-14-15(19)11-13(24)12-18(14)22-21-17-9-5-4-8-16(17)20/h4-12H,1-3H3,(H2-,20,22,24)/p+1. The molecule has 0 radical (unpaired) electrons. The molecule has 3 rings (SSSR count). The van der Waals surface area contributed by atoms with Gasteiger partial charge in [0.1, 0.15) is 17.1 Å². The number of fused-ring (bicyclic) bond motifs is 1. The third-order valence-electron chi connectivity index (χ3n) is 3.86. The molecule has 5 nitrogen and oxygen atoms in total. The van der Waals surface area contributed by atoms with E-state index in [4.69, 9.17) is 5.73 Å². The number of anilines is 1. The van der Waals surface area contributed by atoms with E-state index in [9.17, 15) is 5.11 Å². The summed E-state index contributed by atoms with van der Waals surface area (Å²) in [5.41, 5.74) is 8.79. The van der Waals surface area contributed by atoms with Crippen molar-refractivity contribution < 1.29 is 5.11 Å². The Hall–Kier alpha value is -2.92. The van der Waals surface area contributed by atoms with Gasteiger partial charge in [-0.05, 0) is 24.3 Å². The van der Waals surface area contributed by atoms with Crippen LogP contribution in [0.1, 0.15) is 0 Å². The minimum atomic E-state index is 0.165. The van der Waals surface area contributed by atoms with E-state index in [1.807, 2.05) is 24.3 Å². The predicted octanol–water partition coefficient (Wildman–Crippen LogP) is 4.74. The lowest BCUT2D eigenvalue weighted by Gasteiger charge is -2.25. The summed E-state index contributed by atoms with van der Waals surface area (Å²) in [5, 5.41) is 20.6. The zero-order chi connectivity index (χ0) is 17.3. The number of nitrogens with two attached hydrogens (primary N) is 1. The van der Waals surface area contributed by atoms with E-state index in [-0.39, 0.29) is 5.75 Å². The molecule has 0 aliphatic carbocycles. The van der Waals surface area contributed by atoms with E-state index in [1.165, 1.54) is 0 Å². The van der Waals surface area contributed by atoms with E-state index in [0.717, 1.165) is 16.5 Å². The molecule has 0 bridgehead atoms. The summed E-state index contributed by atoms with van der Waals surface area (Å²) >= 11 is 0. The van der Waals surface area contributed by atoms with E-state index < -0.39 is 0 Å². The molecule has 5 heteroatoms. The summed E-state index contributed by atoms with van der Waals surface area (Å²) in [7, 11) is 6.26. The van der Waals surface area contributed by atoms with E-state index in [1.54, 1.807) is 24.3 Å². The van der Waals surface area contributed by atoms with Gasteiger partial charge in [0.05, 0.1) is 32.5 Å². The first-order chi connectivity index (χ1) is 11.4. The molecule has 0 fully saturated rings. The van der Waals surface area contributed by atoms with Gasteiger partial charge < -0.3 is 10.8 Å². The van der Waals surface area contributed by atoms with Crippen molar-refractivity contribution in [3.8, 4) is 5.75 Å². The lowest BCUT2D eigenvalue weighted by Crippen LogP contribution is -2.34. The zero-order valence-corrected chi connectivity index (χ0v) is 14.1. The average molecular weight is 321 g/mol. The van der Waals surface area contributed by atoms with Gasteiger partial charge in [-0.3, -0.25) is 4.48 Å². The largest absolute Gasteiger partial charge is 0.508 e. The fraction of sp³-hybridized carbons (Fsp3) is 0.158. The van der Waals surface area contributed by atoms with Crippen molar-refractivity contribution in [2.45, 2.75) is 0 Å². The number of rotatable bonds is 3. The van der Waals surface area contributed by atoms with Gasteiger partial charge in [-0.15, -0.1) is 10.2 Å². The van der Waals surface area contributed by atoms with Crippen LogP contribution in [0.5, 0.6) is 5.75 Å². The highest BCUT2D eigenvalue weighted by Gasteiger charge is 2.18. The Labute approximate surface area is 141 Å². The molecule has 0 amide bonds. The number of benzene rings is 3. The SMILES string of the molecule is C[N+](C)(C)c1cccc2c(N=Nc3ccccc3N)cc(O)cc12. The van der Waals surface area contributed by atoms with Crippen LogP contribution in [0, 0.1) is 0 Å². The minimum absolute atomic E-state index is 0.165. The van der Waals surface area contributed by atoms with Crippen LogP contribution in [0.3, 0.4) is 0 Å². The molecule has 3 N–H and O–H groups in total. The highest BCUT2D eigenvalue weighted by atomic mass is 16.3. The Bertz CT molecular complexity index is 926. The molecule has 0 aromatic heterocycles. The molecular weight excluding hydrogens is 300 g/mol. The van der Waals surface area contributed by atoms with E-state index in [0.29, 0.717) is 21.5 Å². The summed E-state index contributed by atoms with van der Waals surface area (Å²) < 4.78 is 0.642. The number of quaternary nitrogens is 1. The van der Waals surface area contributed by atoms with E-state index >= 15 is 0 Å². The molecule has 0 saturated heterocycles. The number of hydrogen-bond donors (Lipinski definition) is 2. The van der Waals surface area contributed by atoms with Crippen molar-refractivity contribution in [1.29, 1.82) is 0 Å². The molecule has 0 saturated carbocycles. The first kappa shape index (κ1) is 16.0. The van der Waals surface area contributed by atoms with Crippen LogP contribution in [-0.4, -0.2) is 26.2 Å². The predicted molar refractivity (Wildman–Crippen MR) is 100 cm³/mol. The summed E-state index contributed by atoms with van der Waals surface area (Å²) in [6.45, 7) is 0. The summed E-state index contributed by atoms with van der Waals surface area (Å²) in [5.74, 6) is 0.165. The number of azo groups is 1. The number of aromatic hydroxyl groups is 1. The second-order valence-corrected chi connectivity index (χ2v) is 6.61. The van der Waals surface area contributed by atoms with Crippen molar-refractivity contribution in [2.24, 2.45) is 10.2 Å². The van der Waals surface area contributed by atoms with Crippen molar-refractivity contribution in [3.05, 3.63) is 54.6 Å². The molecule has 0 heterocycles. The monoisotopic (exact) mass is 321 g/mol. The summed E-state index contributed by atoms with van der Waals surface area (Å²) in [6, 6.07) is 16.7. The lowest BCUT2D eigenvalue weighted by atomic mass is 10.1. The highest BCUT2D eigenvalue weighted by Crippen LogP contribution is 2.38. The topological polar surface area (TPSA) is 71.0 Å². The van der Waals surface area contributed by atoms with Crippen LogP contribution < -0.4 is 10.2 Å². The number of phenols is 1. The van der Waals surface area contributed by atoms with Crippen LogP contribution in [0.4, 0.5) is 22.7 Å². The van der Waals surface area contributed by atoms with Crippen molar-refractivity contribution >= 4 is 33.5 Å². The molecule has 0 atom stereocenters. The van der Waals surface area contributed by atoms with Gasteiger partial charge in [0.15, 0.2) is 0 Å². The number of nitrogen functional groups attached to an aromatic ring is 1. The zero-order valence-electron chi connectivity index (χ0n) is 14.1. The van der Waals surface area contributed by atoms with Crippen LogP contribution in [-0.2, 0) is 0 Å². The number of para-hydroxylation sites is 1. The third-order valence-corrected chi connectivity index (χ3v) is 3.86. The quantitative estimate of drug-likeness (QED) is 0.415. The average Bonchev–Trinajstić information content (AvgIpc) is 2.52. The first-order valence-corrected chi connectivity index (χ1v) is 7.70. The number of phenolic OH excluding ortho intramolecular Hbond substituents is 1. The third kappa shape index (κ3) is 3.07. The maximum absolute atomic E-state index is 10.1. The van der Waals surface area contributed by atoms with Gasteiger partial charge >= 0.3 is 0 Å². The van der Waals surface area contributed by atoms with Crippen molar-refractivity contribution in [1.82, 2.24) is 4.48 Å². The number of hydrogen-bond acceptors (Lipinski definition) is 4. The van der Waals surface area contributed by atoms with Crippen molar-refractivity contribution in [2.75, 3.05) is 26.9 Å². The van der Waals surface area contributed by atoms with E-state index in [2.05, 4.69) is 37.4 Å². The van der Waals surface area contributed by atoms with Gasteiger partial charge in [-0.25, -0.2) is 0 Å². The van der Waals surface area contributed by atoms with Crippen LogP contribution in [0.2, 0.25) is 0 Å². The smallest absolute Gasteiger partial charge is 0.140 e. The van der Waals surface area contributed by atoms with Crippen LogP contribution in [0.15, 0.2) is 64.8 Å². The Morgan fingerprint density at radius 2 is 1.54 bits per heavy atom. The fourth-order valence-corrected chi connectivity index (χ4v) is 2.69. The molecule has 0 aliphatic heterocycles. The second kappa shape index (κ2) is 5.94. The maximum atomic E-state index is 10.1. The van der Waals surface area contributed by atoms with Crippen molar-refractivity contribution in [3.63, 3.8) is 0 Å². The lowest BCUT2D eigenvalue weighted by molar-refractivity contribution is 0.475. The summed E-state index contributed by atoms with van der Waals surface area (Å²) in [6.07, 6.45) is 0. The Morgan fingerprint density at radius 3 is 2.25 bits per heavy atom. The summed E-state index contributed by atoms with van der Waals surface area (Å²) in [4.78, 5) is 0. The fourth-order valence-electron chi connectivity index (χ4n) is 2.69. The normalized spacial score (nSPS) is 12.1. The molecule has 24 heavy (non-hydrogen) atoms. The van der Waals surface area contributed by atoms with Crippen LogP contribution >= 0.6 is 0 Å². The Balaban J connectivity index is 2.17. The van der Waals surface area contributed by atoms with Gasteiger partial charge in [0.2, 0.25) is 0 Å². The second-order valence-electron chi connectivity index (χ2n) is 6.61. The van der Waals surface area contributed by atoms with Gasteiger partial charge in [0, 0.05) is 16.8 Å². The molecule has 122 valence electrons. The van der Waals surface area contributed by atoms with Gasteiger partial charge in [0.25, 0.3) is 0 Å². The molecule has 3 aromatic rings. The highest BCUT2D eigenvalue weighted by molar-refractivity contribution is 6.01. The number of nitrogens with zero attached hydrogens (tertiary/aromatic N) is 3. The minimum Gasteiger partial charge on any atom is -0.508 e.